The van der Waals surface area contributed by atoms with Crippen LogP contribution in [0.2, 0.25) is 0 Å². The quantitative estimate of drug-likeness (QED) is 0.595. The third-order valence-electron chi connectivity index (χ3n) is 2.47. The molecule has 2 aromatic rings. The van der Waals surface area contributed by atoms with Crippen LogP contribution < -0.4 is 0 Å². The third kappa shape index (κ3) is 3.24. The zero-order valence-electron chi connectivity index (χ0n) is 10.1. The van der Waals surface area contributed by atoms with Crippen LogP contribution >= 0.6 is 23.1 Å². The number of aromatic hydroxyl groups is 1. The molecule has 0 aliphatic rings. The number of benzene rings is 1. The Bertz CT molecular complexity index is 639. The SMILES string of the molecule is CC(CSC(=N)c1nc2ccc(O)cc2s1)C(=O)O. The number of rotatable bonds is 4. The molecular formula is C12H12N2O3S2. The summed E-state index contributed by atoms with van der Waals surface area (Å²) in [5.41, 5.74) is 0.731. The Morgan fingerprint density at radius 1 is 1.58 bits per heavy atom. The van der Waals surface area contributed by atoms with Crippen LogP contribution in [0.1, 0.15) is 11.9 Å². The van der Waals surface area contributed by atoms with E-state index in [0.29, 0.717) is 10.8 Å². The van der Waals surface area contributed by atoms with E-state index in [1.165, 1.54) is 23.1 Å². The van der Waals surface area contributed by atoms with E-state index in [0.717, 1.165) is 10.2 Å². The monoisotopic (exact) mass is 296 g/mol. The fraction of sp³-hybridized carbons (Fsp3) is 0.250. The van der Waals surface area contributed by atoms with Gasteiger partial charge in [-0.25, -0.2) is 4.98 Å². The molecule has 3 N–H and O–H groups in total. The lowest BCUT2D eigenvalue weighted by Crippen LogP contribution is -2.13. The van der Waals surface area contributed by atoms with Gasteiger partial charge in [0.25, 0.3) is 0 Å². The van der Waals surface area contributed by atoms with Crippen LogP contribution in [0.25, 0.3) is 10.2 Å². The maximum absolute atomic E-state index is 10.7. The van der Waals surface area contributed by atoms with Crippen molar-refractivity contribution < 1.29 is 15.0 Å². The highest BCUT2D eigenvalue weighted by Crippen LogP contribution is 2.28. The van der Waals surface area contributed by atoms with Gasteiger partial charge in [0, 0.05) is 5.75 Å². The first-order valence-corrected chi connectivity index (χ1v) is 7.31. The fourth-order valence-corrected chi connectivity index (χ4v) is 3.22. The molecule has 0 saturated heterocycles. The number of hydrogen-bond donors (Lipinski definition) is 3. The Kier molecular flexibility index (Phi) is 4.06. The molecule has 0 radical (unpaired) electrons. The van der Waals surface area contributed by atoms with Crippen molar-refractivity contribution in [2.75, 3.05) is 5.75 Å². The lowest BCUT2D eigenvalue weighted by molar-refractivity contribution is -0.140. The molecule has 1 unspecified atom stereocenters. The summed E-state index contributed by atoms with van der Waals surface area (Å²) < 4.78 is 0.812. The molecule has 0 fully saturated rings. The first-order chi connectivity index (χ1) is 8.97. The topological polar surface area (TPSA) is 94.3 Å². The van der Waals surface area contributed by atoms with Crippen LogP contribution in [-0.2, 0) is 4.79 Å². The van der Waals surface area contributed by atoms with E-state index in [1.807, 2.05) is 0 Å². The van der Waals surface area contributed by atoms with Crippen molar-refractivity contribution in [1.29, 1.82) is 5.41 Å². The number of fused-ring (bicyclic) bond motifs is 1. The van der Waals surface area contributed by atoms with Gasteiger partial charge < -0.3 is 10.2 Å². The number of aromatic nitrogens is 1. The zero-order valence-corrected chi connectivity index (χ0v) is 11.7. The van der Waals surface area contributed by atoms with Gasteiger partial charge >= 0.3 is 5.97 Å². The standard InChI is InChI=1S/C12H12N2O3S2/c1-6(12(16)17)5-18-10(13)11-14-8-3-2-7(15)4-9(8)19-11/h2-4,6,13,15H,5H2,1H3,(H,16,17). The summed E-state index contributed by atoms with van der Waals surface area (Å²) in [4.78, 5) is 15.0. The first-order valence-electron chi connectivity index (χ1n) is 5.51. The number of carbonyl (C=O) groups is 1. The number of thiazole rings is 1. The molecule has 7 heteroatoms. The molecule has 1 atom stereocenters. The van der Waals surface area contributed by atoms with Crippen LogP contribution in [-0.4, -0.2) is 32.0 Å². The van der Waals surface area contributed by atoms with Crippen LogP contribution in [0.4, 0.5) is 0 Å². The Labute approximate surface area is 117 Å². The van der Waals surface area contributed by atoms with Crippen LogP contribution in [0.3, 0.4) is 0 Å². The molecule has 0 amide bonds. The number of nitrogens with zero attached hydrogens (tertiary/aromatic N) is 1. The molecule has 0 aliphatic heterocycles. The van der Waals surface area contributed by atoms with Crippen molar-refractivity contribution in [3.05, 3.63) is 23.2 Å². The highest BCUT2D eigenvalue weighted by Gasteiger charge is 2.15. The summed E-state index contributed by atoms with van der Waals surface area (Å²) in [7, 11) is 0. The second-order valence-electron chi connectivity index (χ2n) is 4.05. The Hall–Kier alpha value is -1.60. The minimum Gasteiger partial charge on any atom is -0.508 e. The number of carboxylic acids is 1. The normalized spacial score (nSPS) is 12.5. The maximum atomic E-state index is 10.7. The number of thioether (sulfide) groups is 1. The lowest BCUT2D eigenvalue weighted by atomic mass is 10.2. The van der Waals surface area contributed by atoms with Gasteiger partial charge in [0.05, 0.1) is 16.1 Å². The zero-order chi connectivity index (χ0) is 14.0. The van der Waals surface area contributed by atoms with Gasteiger partial charge in [-0.05, 0) is 18.2 Å². The molecule has 0 bridgehead atoms. The minimum absolute atomic E-state index is 0.168. The number of hydrogen-bond acceptors (Lipinski definition) is 6. The van der Waals surface area contributed by atoms with Crippen molar-refractivity contribution in [3.63, 3.8) is 0 Å². The smallest absolute Gasteiger partial charge is 0.307 e. The van der Waals surface area contributed by atoms with E-state index in [2.05, 4.69) is 4.98 Å². The molecule has 1 aromatic heterocycles. The van der Waals surface area contributed by atoms with Gasteiger partial charge in [-0.3, -0.25) is 10.2 Å². The summed E-state index contributed by atoms with van der Waals surface area (Å²) in [5.74, 6) is -0.852. The average Bonchev–Trinajstić information content (AvgIpc) is 2.78. The van der Waals surface area contributed by atoms with Gasteiger partial charge in [0.1, 0.15) is 15.8 Å². The molecule has 2 rings (SSSR count). The second kappa shape index (κ2) is 5.58. The first kappa shape index (κ1) is 13.8. The Balaban J connectivity index is 2.11. The predicted octanol–water partition coefficient (Wildman–Crippen LogP) is 2.78. The van der Waals surface area contributed by atoms with E-state index in [9.17, 15) is 9.90 Å². The molecule has 1 heterocycles. The van der Waals surface area contributed by atoms with E-state index in [4.69, 9.17) is 10.5 Å². The molecule has 1 aromatic carbocycles. The predicted molar refractivity (Wildman–Crippen MR) is 77.4 cm³/mol. The van der Waals surface area contributed by atoms with Crippen LogP contribution in [0, 0.1) is 11.3 Å². The molecular weight excluding hydrogens is 284 g/mol. The van der Waals surface area contributed by atoms with E-state index in [-0.39, 0.29) is 10.8 Å². The fourth-order valence-electron chi connectivity index (χ4n) is 1.35. The van der Waals surface area contributed by atoms with Crippen molar-refractivity contribution in [2.24, 2.45) is 5.92 Å². The number of phenols is 1. The molecule has 0 saturated carbocycles. The van der Waals surface area contributed by atoms with Crippen LogP contribution in [0.5, 0.6) is 5.75 Å². The largest absolute Gasteiger partial charge is 0.508 e. The molecule has 100 valence electrons. The number of aliphatic carboxylic acids is 1. The number of nitrogens with one attached hydrogen (secondary N) is 1. The summed E-state index contributed by atoms with van der Waals surface area (Å²) in [6.45, 7) is 1.61. The average molecular weight is 296 g/mol. The van der Waals surface area contributed by atoms with E-state index in [1.54, 1.807) is 25.1 Å². The lowest BCUT2D eigenvalue weighted by Gasteiger charge is -2.04. The Morgan fingerprint density at radius 2 is 2.32 bits per heavy atom. The van der Waals surface area contributed by atoms with Gasteiger partial charge in [-0.1, -0.05) is 6.92 Å². The van der Waals surface area contributed by atoms with Crippen LogP contribution in [0.15, 0.2) is 18.2 Å². The Morgan fingerprint density at radius 3 is 3.00 bits per heavy atom. The maximum Gasteiger partial charge on any atom is 0.307 e. The third-order valence-corrected chi connectivity index (χ3v) is 4.78. The van der Waals surface area contributed by atoms with Gasteiger partial charge in [-0.2, -0.15) is 0 Å². The summed E-state index contributed by atoms with van der Waals surface area (Å²) in [6, 6.07) is 4.85. The highest BCUT2D eigenvalue weighted by atomic mass is 32.2. The summed E-state index contributed by atoms with van der Waals surface area (Å²) >= 11 is 2.49. The van der Waals surface area contributed by atoms with Crippen molar-refractivity contribution in [2.45, 2.75) is 6.92 Å². The summed E-state index contributed by atoms with van der Waals surface area (Å²) in [6.07, 6.45) is 0. The van der Waals surface area contributed by atoms with E-state index < -0.39 is 11.9 Å². The molecule has 5 nitrogen and oxygen atoms in total. The van der Waals surface area contributed by atoms with Crippen molar-refractivity contribution in [3.8, 4) is 5.75 Å². The van der Waals surface area contributed by atoms with Gasteiger partial charge in [0.2, 0.25) is 0 Å². The van der Waals surface area contributed by atoms with Gasteiger partial charge in [-0.15, -0.1) is 23.1 Å². The van der Waals surface area contributed by atoms with Crippen molar-refractivity contribution in [1.82, 2.24) is 4.98 Å². The van der Waals surface area contributed by atoms with Gasteiger partial charge in [0.15, 0.2) is 0 Å². The highest BCUT2D eigenvalue weighted by molar-refractivity contribution is 8.14. The van der Waals surface area contributed by atoms with E-state index >= 15 is 0 Å². The minimum atomic E-state index is -0.866. The molecule has 0 spiro atoms. The summed E-state index contributed by atoms with van der Waals surface area (Å²) in [5, 5.41) is 26.9. The molecule has 0 aliphatic carbocycles. The second-order valence-corrected chi connectivity index (χ2v) is 6.11. The number of phenolic OH excluding ortho intramolecular Hbond substituents is 1. The molecule has 19 heavy (non-hydrogen) atoms. The number of carboxylic acid groups (broad SMARTS) is 1. The van der Waals surface area contributed by atoms with Crippen molar-refractivity contribution >= 4 is 44.3 Å².